The molecule has 0 heterocycles. The number of carboxylic acids is 1. The summed E-state index contributed by atoms with van der Waals surface area (Å²) in [5.74, 6) is -1.11. The van der Waals surface area contributed by atoms with Crippen molar-refractivity contribution in [3.8, 4) is 0 Å². The SMILES string of the molecule is COCCN(CCOC)C(C)C(=O)NC(CC(C)C)C(=O)O. The number of carbonyl (C=O) groups is 2. The quantitative estimate of drug-likeness (QED) is 0.547. The molecule has 2 N–H and O–H groups in total. The predicted octanol–water partition coefficient (Wildman–Crippen LogP) is 0.585. The van der Waals surface area contributed by atoms with Crippen molar-refractivity contribution >= 4 is 11.9 Å². The minimum atomic E-state index is -1.01. The van der Waals surface area contributed by atoms with Crippen LogP contribution in [0.2, 0.25) is 0 Å². The van der Waals surface area contributed by atoms with Crippen LogP contribution in [0.1, 0.15) is 27.2 Å². The van der Waals surface area contributed by atoms with E-state index in [1.165, 1.54) is 0 Å². The van der Waals surface area contributed by atoms with Crippen molar-refractivity contribution in [2.45, 2.75) is 39.3 Å². The maximum atomic E-state index is 12.3. The van der Waals surface area contributed by atoms with Crippen molar-refractivity contribution in [3.05, 3.63) is 0 Å². The van der Waals surface area contributed by atoms with Crippen molar-refractivity contribution in [2.75, 3.05) is 40.5 Å². The largest absolute Gasteiger partial charge is 0.480 e. The Bertz CT molecular complexity index is 328. The molecular weight excluding hydrogens is 288 g/mol. The molecule has 0 aliphatic carbocycles. The number of aliphatic carboxylic acids is 1. The molecule has 0 saturated carbocycles. The molecule has 0 fully saturated rings. The first kappa shape index (κ1) is 20.8. The summed E-state index contributed by atoms with van der Waals surface area (Å²) in [6.45, 7) is 7.76. The summed E-state index contributed by atoms with van der Waals surface area (Å²) < 4.78 is 10.1. The highest BCUT2D eigenvalue weighted by atomic mass is 16.5. The Hall–Kier alpha value is -1.18. The lowest BCUT2D eigenvalue weighted by Gasteiger charge is -2.29. The Labute approximate surface area is 133 Å². The smallest absolute Gasteiger partial charge is 0.326 e. The van der Waals surface area contributed by atoms with E-state index in [2.05, 4.69) is 5.32 Å². The maximum Gasteiger partial charge on any atom is 0.326 e. The van der Waals surface area contributed by atoms with E-state index >= 15 is 0 Å². The third-order valence-corrected chi connectivity index (χ3v) is 3.41. The third kappa shape index (κ3) is 8.31. The number of nitrogens with zero attached hydrogens (tertiary/aromatic N) is 1. The summed E-state index contributed by atoms with van der Waals surface area (Å²) in [4.78, 5) is 25.5. The minimum Gasteiger partial charge on any atom is -0.480 e. The number of ether oxygens (including phenoxy) is 2. The first-order valence-electron chi connectivity index (χ1n) is 7.58. The van der Waals surface area contributed by atoms with Crippen molar-refractivity contribution < 1.29 is 24.2 Å². The molecule has 7 nitrogen and oxygen atoms in total. The number of rotatable bonds is 12. The van der Waals surface area contributed by atoms with E-state index in [1.54, 1.807) is 21.1 Å². The first-order valence-corrected chi connectivity index (χ1v) is 7.58. The second-order valence-electron chi connectivity index (χ2n) is 5.73. The predicted molar refractivity (Wildman–Crippen MR) is 83.8 cm³/mol. The summed E-state index contributed by atoms with van der Waals surface area (Å²) in [6.07, 6.45) is 0.407. The first-order chi connectivity index (χ1) is 10.3. The van der Waals surface area contributed by atoms with Crippen molar-refractivity contribution in [2.24, 2.45) is 5.92 Å². The average molecular weight is 318 g/mol. The van der Waals surface area contributed by atoms with Gasteiger partial charge >= 0.3 is 5.97 Å². The van der Waals surface area contributed by atoms with Gasteiger partial charge in [-0.3, -0.25) is 9.69 Å². The van der Waals surface area contributed by atoms with Crippen molar-refractivity contribution in [3.63, 3.8) is 0 Å². The Morgan fingerprint density at radius 1 is 1.09 bits per heavy atom. The molecule has 22 heavy (non-hydrogen) atoms. The summed E-state index contributed by atoms with van der Waals surface area (Å²) in [5, 5.41) is 11.8. The van der Waals surface area contributed by atoms with Crippen LogP contribution in [-0.4, -0.2) is 74.5 Å². The van der Waals surface area contributed by atoms with E-state index in [0.717, 1.165) is 0 Å². The molecule has 0 aromatic heterocycles. The minimum absolute atomic E-state index is 0.190. The van der Waals surface area contributed by atoms with E-state index < -0.39 is 18.1 Å². The third-order valence-electron chi connectivity index (χ3n) is 3.41. The van der Waals surface area contributed by atoms with Crippen LogP contribution in [0.15, 0.2) is 0 Å². The van der Waals surface area contributed by atoms with Gasteiger partial charge in [0.15, 0.2) is 0 Å². The number of methoxy groups -OCH3 is 2. The number of carboxylic acid groups (broad SMARTS) is 1. The Morgan fingerprint density at radius 3 is 1.95 bits per heavy atom. The topological polar surface area (TPSA) is 88.1 Å². The molecule has 0 radical (unpaired) electrons. The van der Waals surface area contributed by atoms with E-state index in [0.29, 0.717) is 32.7 Å². The van der Waals surface area contributed by atoms with E-state index in [-0.39, 0.29) is 11.8 Å². The highest BCUT2D eigenvalue weighted by molar-refractivity contribution is 5.86. The van der Waals surface area contributed by atoms with Gasteiger partial charge in [0.05, 0.1) is 19.3 Å². The Morgan fingerprint density at radius 2 is 1.59 bits per heavy atom. The molecule has 1 amide bonds. The molecule has 0 bridgehead atoms. The fourth-order valence-corrected chi connectivity index (χ4v) is 2.07. The molecule has 0 aromatic rings. The molecule has 0 saturated heterocycles. The maximum absolute atomic E-state index is 12.3. The van der Waals surface area contributed by atoms with Gasteiger partial charge in [0.1, 0.15) is 6.04 Å². The lowest BCUT2D eigenvalue weighted by molar-refractivity contribution is -0.143. The van der Waals surface area contributed by atoms with Gasteiger partial charge in [-0.25, -0.2) is 4.79 Å². The number of hydrogen-bond acceptors (Lipinski definition) is 5. The van der Waals surface area contributed by atoms with Crippen LogP contribution in [0, 0.1) is 5.92 Å². The normalized spacial score (nSPS) is 14.1. The fraction of sp³-hybridized carbons (Fsp3) is 0.867. The van der Waals surface area contributed by atoms with Crippen LogP contribution in [0.4, 0.5) is 0 Å². The zero-order valence-electron chi connectivity index (χ0n) is 14.3. The van der Waals surface area contributed by atoms with E-state index in [9.17, 15) is 14.7 Å². The van der Waals surface area contributed by atoms with Gasteiger partial charge in [-0.2, -0.15) is 0 Å². The average Bonchev–Trinajstić information content (AvgIpc) is 2.45. The van der Waals surface area contributed by atoms with Gasteiger partial charge in [-0.15, -0.1) is 0 Å². The van der Waals surface area contributed by atoms with Crippen molar-refractivity contribution in [1.29, 1.82) is 0 Å². The number of nitrogens with one attached hydrogen (secondary N) is 1. The molecular formula is C15H30N2O5. The van der Waals surface area contributed by atoms with Gasteiger partial charge in [-0.1, -0.05) is 13.8 Å². The van der Waals surface area contributed by atoms with Gasteiger partial charge in [0.25, 0.3) is 0 Å². The Balaban J connectivity index is 4.69. The molecule has 0 aliphatic heterocycles. The zero-order chi connectivity index (χ0) is 17.1. The summed E-state index contributed by atoms with van der Waals surface area (Å²) >= 11 is 0. The second kappa shape index (κ2) is 11.4. The fourth-order valence-electron chi connectivity index (χ4n) is 2.07. The van der Waals surface area contributed by atoms with Crippen molar-refractivity contribution in [1.82, 2.24) is 10.2 Å². The highest BCUT2D eigenvalue weighted by Crippen LogP contribution is 2.07. The number of carbonyl (C=O) groups excluding carboxylic acids is 1. The van der Waals surface area contributed by atoms with E-state index in [1.807, 2.05) is 18.7 Å². The van der Waals surface area contributed by atoms with Gasteiger partial charge in [0, 0.05) is 27.3 Å². The van der Waals surface area contributed by atoms with Gasteiger partial charge in [0.2, 0.25) is 5.91 Å². The van der Waals surface area contributed by atoms with E-state index in [4.69, 9.17) is 9.47 Å². The molecule has 0 aliphatic rings. The van der Waals surface area contributed by atoms with Gasteiger partial charge in [-0.05, 0) is 19.3 Å². The van der Waals surface area contributed by atoms with Gasteiger partial charge < -0.3 is 19.9 Å². The van der Waals surface area contributed by atoms with Crippen LogP contribution in [0.3, 0.4) is 0 Å². The Kier molecular flexibility index (Phi) is 10.8. The summed E-state index contributed by atoms with van der Waals surface area (Å²) in [6, 6.07) is -1.30. The highest BCUT2D eigenvalue weighted by Gasteiger charge is 2.26. The summed E-state index contributed by atoms with van der Waals surface area (Å²) in [7, 11) is 3.20. The molecule has 2 atom stereocenters. The van der Waals surface area contributed by atoms with Crippen LogP contribution in [-0.2, 0) is 19.1 Å². The van der Waals surface area contributed by atoms with Crippen LogP contribution in [0.25, 0.3) is 0 Å². The summed E-state index contributed by atoms with van der Waals surface area (Å²) in [5.41, 5.74) is 0. The monoisotopic (exact) mass is 318 g/mol. The second-order valence-corrected chi connectivity index (χ2v) is 5.73. The molecule has 0 spiro atoms. The lowest BCUT2D eigenvalue weighted by atomic mass is 10.0. The number of amides is 1. The van der Waals surface area contributed by atoms with Crippen LogP contribution >= 0.6 is 0 Å². The van der Waals surface area contributed by atoms with Crippen LogP contribution < -0.4 is 5.32 Å². The zero-order valence-corrected chi connectivity index (χ0v) is 14.3. The molecule has 7 heteroatoms. The lowest BCUT2D eigenvalue weighted by Crippen LogP contribution is -2.52. The molecule has 0 rings (SSSR count). The van der Waals surface area contributed by atoms with Crippen LogP contribution in [0.5, 0.6) is 0 Å². The molecule has 2 unspecified atom stereocenters. The number of hydrogen-bond donors (Lipinski definition) is 2. The molecule has 130 valence electrons. The standard InChI is InChI=1S/C15H30N2O5/c1-11(2)10-13(15(19)20)16-14(18)12(3)17(6-8-21-4)7-9-22-5/h11-13H,6-10H2,1-5H3,(H,16,18)(H,19,20). The molecule has 0 aromatic carbocycles.